The molecule has 0 saturated heterocycles. The SMILES string of the molecule is Cc1c(C(I)C(=O)NC2CCCCCC2)nn(-c2ccc(Cl)cc2Cl)c1-c1ccc(Cl)cc1. The molecule has 0 aliphatic heterocycles. The minimum Gasteiger partial charge on any atom is -0.352 e. The summed E-state index contributed by atoms with van der Waals surface area (Å²) in [5.74, 6) is 0.000101. The van der Waals surface area contributed by atoms with Crippen molar-refractivity contribution in [2.24, 2.45) is 0 Å². The van der Waals surface area contributed by atoms with Gasteiger partial charge in [0.25, 0.3) is 0 Å². The van der Waals surface area contributed by atoms with Gasteiger partial charge < -0.3 is 5.32 Å². The minimum absolute atomic E-state index is 0.000101. The van der Waals surface area contributed by atoms with Crippen LogP contribution in [0.3, 0.4) is 0 Å². The molecule has 0 spiro atoms. The van der Waals surface area contributed by atoms with Gasteiger partial charge in [0, 0.05) is 27.2 Å². The van der Waals surface area contributed by atoms with Crippen LogP contribution in [0.15, 0.2) is 42.5 Å². The predicted molar refractivity (Wildman–Crippen MR) is 145 cm³/mol. The lowest BCUT2D eigenvalue weighted by Crippen LogP contribution is -2.36. The van der Waals surface area contributed by atoms with E-state index in [0.717, 1.165) is 35.4 Å². The summed E-state index contributed by atoms with van der Waals surface area (Å²) in [7, 11) is 0. The van der Waals surface area contributed by atoms with Gasteiger partial charge in [0.05, 0.1) is 22.1 Å². The number of carbonyl (C=O) groups excluding carboxylic acids is 1. The molecule has 1 amide bonds. The van der Waals surface area contributed by atoms with E-state index in [9.17, 15) is 4.79 Å². The van der Waals surface area contributed by atoms with E-state index in [1.807, 2.05) is 37.3 Å². The number of nitrogens with zero attached hydrogens (tertiary/aromatic N) is 2. The number of hydrogen-bond acceptors (Lipinski definition) is 2. The number of nitrogens with one attached hydrogen (secondary N) is 1. The van der Waals surface area contributed by atoms with Crippen LogP contribution in [0.1, 0.15) is 53.7 Å². The molecule has 4 nitrogen and oxygen atoms in total. The van der Waals surface area contributed by atoms with Crippen LogP contribution in [0.25, 0.3) is 16.9 Å². The lowest BCUT2D eigenvalue weighted by atomic mass is 10.0. The number of halogens is 4. The van der Waals surface area contributed by atoms with E-state index < -0.39 is 3.92 Å². The van der Waals surface area contributed by atoms with Crippen LogP contribution >= 0.6 is 57.4 Å². The lowest BCUT2D eigenvalue weighted by molar-refractivity contribution is -0.121. The molecule has 8 heteroatoms. The van der Waals surface area contributed by atoms with Crippen LogP contribution in [0.2, 0.25) is 15.1 Å². The molecular weight excluding hydrogens is 592 g/mol. The highest BCUT2D eigenvalue weighted by atomic mass is 127. The maximum atomic E-state index is 13.2. The van der Waals surface area contributed by atoms with Gasteiger partial charge in [-0.25, -0.2) is 4.68 Å². The lowest BCUT2D eigenvalue weighted by Gasteiger charge is -2.18. The molecule has 1 N–H and O–H groups in total. The molecule has 1 aromatic heterocycles. The molecule has 1 saturated carbocycles. The number of carbonyl (C=O) groups is 1. The highest BCUT2D eigenvalue weighted by Crippen LogP contribution is 2.37. The van der Waals surface area contributed by atoms with E-state index in [4.69, 9.17) is 39.9 Å². The van der Waals surface area contributed by atoms with Gasteiger partial charge in [0.1, 0.15) is 3.92 Å². The normalized spacial score (nSPS) is 15.8. The number of rotatable bonds is 5. The zero-order chi connectivity index (χ0) is 23.5. The Labute approximate surface area is 223 Å². The third kappa shape index (κ3) is 5.69. The standard InChI is InChI=1S/C25H25Cl3IN3O/c1-15-23(22(29)25(33)30-19-6-4-2-3-5-7-19)31-32(21-13-12-18(27)14-20(21)28)24(15)16-8-10-17(26)11-9-16/h8-14,19,22H,2-7H2,1H3,(H,30,33). The van der Waals surface area contributed by atoms with Gasteiger partial charge in [-0.3, -0.25) is 4.79 Å². The van der Waals surface area contributed by atoms with E-state index in [-0.39, 0.29) is 11.9 Å². The maximum absolute atomic E-state index is 13.2. The Morgan fingerprint density at radius 3 is 2.30 bits per heavy atom. The van der Waals surface area contributed by atoms with Gasteiger partial charge in [-0.05, 0) is 50.1 Å². The van der Waals surface area contributed by atoms with Gasteiger partial charge in [-0.1, -0.05) is 95.2 Å². The van der Waals surface area contributed by atoms with Crippen molar-refractivity contribution < 1.29 is 4.79 Å². The minimum atomic E-state index is -0.427. The molecule has 1 aliphatic carbocycles. The summed E-state index contributed by atoms with van der Waals surface area (Å²) in [6.45, 7) is 2.00. The van der Waals surface area contributed by atoms with Gasteiger partial charge >= 0.3 is 0 Å². The van der Waals surface area contributed by atoms with Crippen LogP contribution in [0.4, 0.5) is 0 Å². The summed E-state index contributed by atoms with van der Waals surface area (Å²) >= 11 is 21.0. The van der Waals surface area contributed by atoms with E-state index in [1.165, 1.54) is 25.7 Å². The molecule has 1 aliphatic rings. The topological polar surface area (TPSA) is 46.9 Å². The third-order valence-corrected chi connectivity index (χ3v) is 8.03. The van der Waals surface area contributed by atoms with Crippen LogP contribution in [0.5, 0.6) is 0 Å². The average molecular weight is 617 g/mol. The number of benzene rings is 2. The molecule has 1 atom stereocenters. The molecule has 0 radical (unpaired) electrons. The van der Waals surface area contributed by atoms with Crippen molar-refractivity contribution in [2.75, 3.05) is 0 Å². The summed E-state index contributed by atoms with van der Waals surface area (Å²) in [5, 5.41) is 9.84. The molecular formula is C25H25Cl3IN3O. The molecule has 33 heavy (non-hydrogen) atoms. The number of hydrogen-bond donors (Lipinski definition) is 1. The Morgan fingerprint density at radius 1 is 1.03 bits per heavy atom. The van der Waals surface area contributed by atoms with E-state index >= 15 is 0 Å². The van der Waals surface area contributed by atoms with Crippen molar-refractivity contribution in [1.29, 1.82) is 0 Å². The summed E-state index contributed by atoms with van der Waals surface area (Å²) in [6.07, 6.45) is 6.91. The second-order valence-electron chi connectivity index (χ2n) is 8.43. The average Bonchev–Trinajstić information content (AvgIpc) is 2.94. The molecule has 1 fully saturated rings. The summed E-state index contributed by atoms with van der Waals surface area (Å²) in [6, 6.07) is 13.1. The highest BCUT2D eigenvalue weighted by molar-refractivity contribution is 14.1. The molecule has 0 bridgehead atoms. The summed E-state index contributed by atoms with van der Waals surface area (Å²) in [4.78, 5) is 13.2. The Bertz CT molecular complexity index is 1140. The van der Waals surface area contributed by atoms with Gasteiger partial charge in [-0.15, -0.1) is 0 Å². The summed E-state index contributed by atoms with van der Waals surface area (Å²) in [5.41, 5.74) is 4.16. The van der Waals surface area contributed by atoms with Crippen molar-refractivity contribution in [3.63, 3.8) is 0 Å². The van der Waals surface area contributed by atoms with Gasteiger partial charge in [-0.2, -0.15) is 5.10 Å². The van der Waals surface area contributed by atoms with Gasteiger partial charge in [0.2, 0.25) is 5.91 Å². The van der Waals surface area contributed by atoms with E-state index in [1.54, 1.807) is 16.8 Å². The zero-order valence-electron chi connectivity index (χ0n) is 18.3. The Kier molecular flexibility index (Phi) is 8.26. The van der Waals surface area contributed by atoms with E-state index in [2.05, 4.69) is 27.9 Å². The highest BCUT2D eigenvalue weighted by Gasteiger charge is 2.28. The van der Waals surface area contributed by atoms with Crippen LogP contribution in [-0.4, -0.2) is 21.7 Å². The molecule has 2 aromatic carbocycles. The number of aromatic nitrogens is 2. The smallest absolute Gasteiger partial charge is 0.239 e. The third-order valence-electron chi connectivity index (χ3n) is 6.09. The molecule has 1 heterocycles. The largest absolute Gasteiger partial charge is 0.352 e. The Hall–Kier alpha value is -1.28. The number of amides is 1. The zero-order valence-corrected chi connectivity index (χ0v) is 22.7. The predicted octanol–water partition coefficient (Wildman–Crippen LogP) is 8.12. The maximum Gasteiger partial charge on any atom is 0.239 e. The number of alkyl halides is 1. The summed E-state index contributed by atoms with van der Waals surface area (Å²) < 4.78 is 1.38. The van der Waals surface area contributed by atoms with Crippen LogP contribution in [0, 0.1) is 6.92 Å². The fourth-order valence-electron chi connectivity index (χ4n) is 4.35. The van der Waals surface area contributed by atoms with Crippen molar-refractivity contribution in [1.82, 2.24) is 15.1 Å². The van der Waals surface area contributed by atoms with E-state index in [0.29, 0.717) is 20.8 Å². The quantitative estimate of drug-likeness (QED) is 0.179. The fourth-order valence-corrected chi connectivity index (χ4v) is 5.74. The molecule has 174 valence electrons. The Morgan fingerprint density at radius 2 is 1.67 bits per heavy atom. The first kappa shape index (κ1) is 24.8. The first-order valence-corrected chi connectivity index (χ1v) is 13.5. The second-order valence-corrected chi connectivity index (χ2v) is 11.0. The van der Waals surface area contributed by atoms with Crippen LogP contribution < -0.4 is 5.32 Å². The molecule has 3 aromatic rings. The van der Waals surface area contributed by atoms with Crippen molar-refractivity contribution in [3.05, 3.63) is 68.8 Å². The first-order valence-electron chi connectivity index (χ1n) is 11.1. The second kappa shape index (κ2) is 11.0. The fraction of sp³-hybridized carbons (Fsp3) is 0.360. The molecule has 1 unspecified atom stereocenters. The van der Waals surface area contributed by atoms with Crippen LogP contribution in [-0.2, 0) is 4.79 Å². The van der Waals surface area contributed by atoms with Crippen molar-refractivity contribution >= 4 is 63.3 Å². The molecule has 4 rings (SSSR count). The van der Waals surface area contributed by atoms with Crippen molar-refractivity contribution in [2.45, 2.75) is 55.4 Å². The first-order chi connectivity index (χ1) is 15.8. The van der Waals surface area contributed by atoms with Gasteiger partial charge in [0.15, 0.2) is 0 Å². The van der Waals surface area contributed by atoms with Crippen molar-refractivity contribution in [3.8, 4) is 16.9 Å². The monoisotopic (exact) mass is 615 g/mol. The Balaban J connectivity index is 1.74.